The molecular weight excluding hydrogens is 264 g/mol. The largest absolute Gasteiger partial charge is 0.338 e. The van der Waals surface area contributed by atoms with Crippen LogP contribution in [0.15, 0.2) is 24.5 Å². The van der Waals surface area contributed by atoms with Crippen molar-refractivity contribution in [1.29, 1.82) is 0 Å². The van der Waals surface area contributed by atoms with Gasteiger partial charge in [-0.1, -0.05) is 13.8 Å². The average molecular weight is 288 g/mol. The van der Waals surface area contributed by atoms with E-state index in [0.29, 0.717) is 19.0 Å². The van der Waals surface area contributed by atoms with Crippen molar-refractivity contribution in [1.82, 2.24) is 20.2 Å². The number of rotatable bonds is 6. The van der Waals surface area contributed by atoms with E-state index in [1.165, 1.54) is 10.9 Å². The standard InChI is InChI=1S/C16H24N4O/c1-4-20-11-13(14-6-5-8-17-15(14)20)7-9-18-16(21)19-10-12(2)3/h5-6,8,11-12H,4,7,9-10H2,1-3H3,(H2,18,19,21). The zero-order valence-electron chi connectivity index (χ0n) is 13.0. The van der Waals surface area contributed by atoms with Crippen LogP contribution in [-0.2, 0) is 13.0 Å². The monoisotopic (exact) mass is 288 g/mol. The van der Waals surface area contributed by atoms with Crippen LogP contribution in [0.5, 0.6) is 0 Å². The second-order valence-electron chi connectivity index (χ2n) is 5.60. The fourth-order valence-electron chi connectivity index (χ4n) is 2.31. The highest BCUT2D eigenvalue weighted by Crippen LogP contribution is 2.19. The van der Waals surface area contributed by atoms with Crippen LogP contribution in [0.1, 0.15) is 26.3 Å². The van der Waals surface area contributed by atoms with Gasteiger partial charge in [0.25, 0.3) is 0 Å². The van der Waals surface area contributed by atoms with Gasteiger partial charge in [-0.2, -0.15) is 0 Å². The molecule has 2 rings (SSSR count). The van der Waals surface area contributed by atoms with E-state index < -0.39 is 0 Å². The Hall–Kier alpha value is -2.04. The summed E-state index contributed by atoms with van der Waals surface area (Å²) in [4.78, 5) is 16.1. The van der Waals surface area contributed by atoms with Crippen LogP contribution < -0.4 is 10.6 Å². The number of fused-ring (bicyclic) bond motifs is 1. The van der Waals surface area contributed by atoms with Crippen LogP contribution in [-0.4, -0.2) is 28.7 Å². The average Bonchev–Trinajstić information content (AvgIpc) is 2.83. The molecule has 0 spiro atoms. The summed E-state index contributed by atoms with van der Waals surface area (Å²) in [5, 5.41) is 6.92. The molecule has 114 valence electrons. The molecule has 5 heteroatoms. The molecule has 21 heavy (non-hydrogen) atoms. The zero-order valence-corrected chi connectivity index (χ0v) is 13.0. The molecule has 0 aliphatic carbocycles. The van der Waals surface area contributed by atoms with E-state index in [0.717, 1.165) is 18.6 Å². The minimum Gasteiger partial charge on any atom is -0.338 e. The van der Waals surface area contributed by atoms with Gasteiger partial charge in [0.1, 0.15) is 5.65 Å². The van der Waals surface area contributed by atoms with Crippen LogP contribution in [0.3, 0.4) is 0 Å². The first-order valence-corrected chi connectivity index (χ1v) is 7.56. The van der Waals surface area contributed by atoms with E-state index >= 15 is 0 Å². The molecule has 0 atom stereocenters. The SMILES string of the molecule is CCn1cc(CCNC(=O)NCC(C)C)c2cccnc21. The lowest BCUT2D eigenvalue weighted by Crippen LogP contribution is -2.38. The smallest absolute Gasteiger partial charge is 0.314 e. The predicted octanol–water partition coefficient (Wildman–Crippen LogP) is 2.55. The maximum Gasteiger partial charge on any atom is 0.314 e. The van der Waals surface area contributed by atoms with Gasteiger partial charge in [0.2, 0.25) is 0 Å². The Labute approximate surface area is 125 Å². The molecule has 0 aliphatic rings. The van der Waals surface area contributed by atoms with Crippen molar-refractivity contribution in [2.75, 3.05) is 13.1 Å². The summed E-state index contributed by atoms with van der Waals surface area (Å²) in [6.07, 6.45) is 4.76. The molecule has 0 aromatic carbocycles. The molecule has 0 unspecified atom stereocenters. The summed E-state index contributed by atoms with van der Waals surface area (Å²) in [7, 11) is 0. The van der Waals surface area contributed by atoms with Crippen LogP contribution in [0.2, 0.25) is 0 Å². The van der Waals surface area contributed by atoms with E-state index in [1.54, 1.807) is 0 Å². The number of carbonyl (C=O) groups excluding carboxylic acids is 1. The maximum atomic E-state index is 11.6. The summed E-state index contributed by atoms with van der Waals surface area (Å²) >= 11 is 0. The van der Waals surface area contributed by atoms with Gasteiger partial charge in [-0.3, -0.25) is 0 Å². The minimum atomic E-state index is -0.0962. The van der Waals surface area contributed by atoms with E-state index in [4.69, 9.17) is 0 Å². The molecule has 0 saturated heterocycles. The number of pyridine rings is 1. The fraction of sp³-hybridized carbons (Fsp3) is 0.500. The van der Waals surface area contributed by atoms with Crippen LogP contribution >= 0.6 is 0 Å². The van der Waals surface area contributed by atoms with E-state index in [2.05, 4.69) is 53.2 Å². The first-order valence-electron chi connectivity index (χ1n) is 7.56. The maximum absolute atomic E-state index is 11.6. The lowest BCUT2D eigenvalue weighted by molar-refractivity contribution is 0.239. The van der Waals surface area contributed by atoms with Gasteiger partial charge in [0.05, 0.1) is 0 Å². The molecule has 0 bridgehead atoms. The number of hydrogen-bond donors (Lipinski definition) is 2. The highest BCUT2D eigenvalue weighted by Gasteiger charge is 2.08. The normalized spacial score (nSPS) is 11.0. The molecule has 0 fully saturated rings. The molecule has 0 saturated carbocycles. The number of nitrogens with one attached hydrogen (secondary N) is 2. The van der Waals surface area contributed by atoms with Crippen molar-refractivity contribution in [3.05, 3.63) is 30.1 Å². The van der Waals surface area contributed by atoms with Gasteiger partial charge in [0.15, 0.2) is 0 Å². The van der Waals surface area contributed by atoms with Gasteiger partial charge >= 0.3 is 6.03 Å². The highest BCUT2D eigenvalue weighted by atomic mass is 16.2. The number of amides is 2. The summed E-state index contributed by atoms with van der Waals surface area (Å²) in [5.74, 6) is 0.462. The minimum absolute atomic E-state index is 0.0962. The zero-order chi connectivity index (χ0) is 15.2. The molecule has 0 aliphatic heterocycles. The third-order valence-corrected chi connectivity index (χ3v) is 3.41. The van der Waals surface area contributed by atoms with Crippen molar-refractivity contribution in [3.63, 3.8) is 0 Å². The van der Waals surface area contributed by atoms with Crippen molar-refractivity contribution < 1.29 is 4.79 Å². The number of urea groups is 1. The predicted molar refractivity (Wildman–Crippen MR) is 85.4 cm³/mol. The van der Waals surface area contributed by atoms with E-state index in [-0.39, 0.29) is 6.03 Å². The number of nitrogens with zero attached hydrogens (tertiary/aromatic N) is 2. The number of carbonyl (C=O) groups is 1. The number of aromatic nitrogens is 2. The van der Waals surface area contributed by atoms with Crippen LogP contribution in [0.25, 0.3) is 11.0 Å². The molecule has 2 heterocycles. The molecule has 2 N–H and O–H groups in total. The molecule has 5 nitrogen and oxygen atoms in total. The Balaban J connectivity index is 1.93. The first-order chi connectivity index (χ1) is 10.1. The Morgan fingerprint density at radius 3 is 2.90 bits per heavy atom. The fourth-order valence-corrected chi connectivity index (χ4v) is 2.31. The number of aryl methyl sites for hydroxylation is 1. The van der Waals surface area contributed by atoms with Gasteiger partial charge < -0.3 is 15.2 Å². The lowest BCUT2D eigenvalue weighted by atomic mass is 10.1. The third kappa shape index (κ3) is 3.97. The van der Waals surface area contributed by atoms with Crippen LogP contribution in [0.4, 0.5) is 4.79 Å². The van der Waals surface area contributed by atoms with Gasteiger partial charge in [-0.25, -0.2) is 9.78 Å². The van der Waals surface area contributed by atoms with Gasteiger partial charge in [0, 0.05) is 37.4 Å². The molecule has 2 amide bonds. The van der Waals surface area contributed by atoms with Crippen molar-refractivity contribution in [3.8, 4) is 0 Å². The summed E-state index contributed by atoms with van der Waals surface area (Å²) in [5.41, 5.74) is 2.24. The second-order valence-corrected chi connectivity index (χ2v) is 5.60. The van der Waals surface area contributed by atoms with E-state index in [9.17, 15) is 4.79 Å². The Kier molecular flexibility index (Phi) is 5.20. The number of hydrogen-bond acceptors (Lipinski definition) is 2. The molecule has 2 aromatic rings. The summed E-state index contributed by atoms with van der Waals surface area (Å²) in [6.45, 7) is 8.48. The third-order valence-electron chi connectivity index (χ3n) is 3.41. The molecular formula is C16H24N4O. The Bertz CT molecular complexity index is 603. The molecule has 0 radical (unpaired) electrons. The highest BCUT2D eigenvalue weighted by molar-refractivity contribution is 5.80. The van der Waals surface area contributed by atoms with Crippen molar-refractivity contribution >= 4 is 17.1 Å². The quantitative estimate of drug-likeness (QED) is 0.858. The van der Waals surface area contributed by atoms with Crippen molar-refractivity contribution in [2.45, 2.75) is 33.7 Å². The second kappa shape index (κ2) is 7.11. The van der Waals surface area contributed by atoms with Crippen LogP contribution in [0, 0.1) is 5.92 Å². The van der Waals surface area contributed by atoms with Gasteiger partial charge in [-0.05, 0) is 37.0 Å². The first kappa shape index (κ1) is 15.4. The topological polar surface area (TPSA) is 59.0 Å². The van der Waals surface area contributed by atoms with Gasteiger partial charge in [-0.15, -0.1) is 0 Å². The molecule has 2 aromatic heterocycles. The Morgan fingerprint density at radius 1 is 1.38 bits per heavy atom. The van der Waals surface area contributed by atoms with E-state index in [1.807, 2.05) is 12.3 Å². The summed E-state index contributed by atoms with van der Waals surface area (Å²) in [6, 6.07) is 3.94. The lowest BCUT2D eigenvalue weighted by Gasteiger charge is -2.09. The van der Waals surface area contributed by atoms with Crippen molar-refractivity contribution in [2.24, 2.45) is 5.92 Å². The Morgan fingerprint density at radius 2 is 2.19 bits per heavy atom. The summed E-state index contributed by atoms with van der Waals surface area (Å²) < 4.78 is 2.14.